The normalized spacial score (nSPS) is 15.1. The minimum Gasteiger partial charge on any atom is -0.378 e. The lowest BCUT2D eigenvalue weighted by atomic mass is 10.1. The number of benzene rings is 1. The topological polar surface area (TPSA) is 51.5 Å². The molecule has 0 bridgehead atoms. The van der Waals surface area contributed by atoms with Crippen LogP contribution < -0.4 is 0 Å². The van der Waals surface area contributed by atoms with Gasteiger partial charge in [0.15, 0.2) is 5.78 Å². The largest absolute Gasteiger partial charge is 0.378 e. The first-order valence-corrected chi connectivity index (χ1v) is 8.17. The van der Waals surface area contributed by atoms with Crippen LogP contribution in [0.4, 0.5) is 0 Å². The molecule has 0 N–H and O–H groups in total. The standard InChI is InChI=1S/C18H22N2O3/c1-2-5-17(21)15-12-20(16-7-4-3-6-14(15)16)13-18(22)19-8-10-23-11-9-19/h3-4,6-7,12H,2,5,8-11,13H2,1H3. The summed E-state index contributed by atoms with van der Waals surface area (Å²) >= 11 is 0. The van der Waals surface area contributed by atoms with E-state index in [2.05, 4.69) is 0 Å². The van der Waals surface area contributed by atoms with Crippen molar-refractivity contribution in [2.45, 2.75) is 26.3 Å². The van der Waals surface area contributed by atoms with Gasteiger partial charge >= 0.3 is 0 Å². The predicted octanol–water partition coefficient (Wildman–Crippen LogP) is 2.48. The molecule has 2 heterocycles. The summed E-state index contributed by atoms with van der Waals surface area (Å²) in [4.78, 5) is 26.6. The van der Waals surface area contributed by atoms with Crippen LogP contribution in [0, 0.1) is 0 Å². The summed E-state index contributed by atoms with van der Waals surface area (Å²) in [6, 6.07) is 7.78. The lowest BCUT2D eigenvalue weighted by molar-refractivity contribution is -0.135. The van der Waals surface area contributed by atoms with Crippen molar-refractivity contribution >= 4 is 22.6 Å². The molecule has 1 fully saturated rings. The summed E-state index contributed by atoms with van der Waals surface area (Å²) in [7, 11) is 0. The SMILES string of the molecule is CCCC(=O)c1cn(CC(=O)N2CCOCC2)c2ccccc12. The minimum atomic E-state index is 0.0727. The maximum atomic E-state index is 12.5. The molecule has 0 atom stereocenters. The third-order valence-electron chi connectivity index (χ3n) is 4.24. The Morgan fingerprint density at radius 3 is 2.65 bits per heavy atom. The highest BCUT2D eigenvalue weighted by molar-refractivity contribution is 6.08. The van der Waals surface area contributed by atoms with Crippen molar-refractivity contribution in [3.63, 3.8) is 0 Å². The molecule has 0 radical (unpaired) electrons. The number of aromatic nitrogens is 1. The molecule has 1 aromatic heterocycles. The molecule has 23 heavy (non-hydrogen) atoms. The van der Waals surface area contributed by atoms with E-state index >= 15 is 0 Å². The molecule has 0 unspecified atom stereocenters. The van der Waals surface area contributed by atoms with Crippen LogP contribution in [-0.2, 0) is 16.1 Å². The van der Waals surface area contributed by atoms with Gasteiger partial charge in [-0.25, -0.2) is 0 Å². The fourth-order valence-corrected chi connectivity index (χ4v) is 3.02. The zero-order chi connectivity index (χ0) is 16.2. The Kier molecular flexibility index (Phi) is 4.76. The van der Waals surface area contributed by atoms with Crippen molar-refractivity contribution < 1.29 is 14.3 Å². The van der Waals surface area contributed by atoms with Gasteiger partial charge in [-0.15, -0.1) is 0 Å². The first-order chi connectivity index (χ1) is 11.2. The van der Waals surface area contributed by atoms with Crippen molar-refractivity contribution in [3.8, 4) is 0 Å². The van der Waals surface area contributed by atoms with E-state index in [1.54, 1.807) is 0 Å². The van der Waals surface area contributed by atoms with Gasteiger partial charge in [0.25, 0.3) is 0 Å². The number of ketones is 1. The lowest BCUT2D eigenvalue weighted by Crippen LogP contribution is -2.42. The highest BCUT2D eigenvalue weighted by Gasteiger charge is 2.20. The molecule has 2 aromatic rings. The fraction of sp³-hybridized carbons (Fsp3) is 0.444. The summed E-state index contributed by atoms with van der Waals surface area (Å²) in [5.41, 5.74) is 1.66. The summed E-state index contributed by atoms with van der Waals surface area (Å²) < 4.78 is 7.19. The van der Waals surface area contributed by atoms with Gasteiger partial charge in [-0.3, -0.25) is 9.59 Å². The highest BCUT2D eigenvalue weighted by Crippen LogP contribution is 2.23. The molecule has 1 aliphatic rings. The van der Waals surface area contributed by atoms with E-state index in [9.17, 15) is 9.59 Å². The first kappa shape index (κ1) is 15.7. The van der Waals surface area contributed by atoms with Gasteiger partial charge in [0, 0.05) is 42.2 Å². The Labute approximate surface area is 135 Å². The smallest absolute Gasteiger partial charge is 0.242 e. The van der Waals surface area contributed by atoms with E-state index < -0.39 is 0 Å². The van der Waals surface area contributed by atoms with Crippen LogP contribution in [0.5, 0.6) is 0 Å². The van der Waals surface area contributed by atoms with E-state index in [1.165, 1.54) is 0 Å². The van der Waals surface area contributed by atoms with Gasteiger partial charge < -0.3 is 14.2 Å². The van der Waals surface area contributed by atoms with Crippen LogP contribution in [0.2, 0.25) is 0 Å². The number of fused-ring (bicyclic) bond motifs is 1. The zero-order valence-corrected chi connectivity index (χ0v) is 13.5. The fourth-order valence-electron chi connectivity index (χ4n) is 3.02. The summed E-state index contributed by atoms with van der Waals surface area (Å²) in [5.74, 6) is 0.213. The lowest BCUT2D eigenvalue weighted by Gasteiger charge is -2.27. The van der Waals surface area contributed by atoms with Crippen molar-refractivity contribution in [2.75, 3.05) is 26.3 Å². The first-order valence-electron chi connectivity index (χ1n) is 8.17. The van der Waals surface area contributed by atoms with Gasteiger partial charge in [0.1, 0.15) is 6.54 Å². The Morgan fingerprint density at radius 2 is 1.91 bits per heavy atom. The molecular formula is C18H22N2O3. The third kappa shape index (κ3) is 3.29. The Balaban J connectivity index is 1.88. The monoisotopic (exact) mass is 314 g/mol. The van der Waals surface area contributed by atoms with Gasteiger partial charge in [-0.1, -0.05) is 25.1 Å². The average molecular weight is 314 g/mol. The van der Waals surface area contributed by atoms with E-state index in [0.717, 1.165) is 22.9 Å². The molecule has 0 spiro atoms. The van der Waals surface area contributed by atoms with Crippen molar-refractivity contribution in [2.24, 2.45) is 0 Å². The number of carbonyl (C=O) groups excluding carboxylic acids is 2. The van der Waals surface area contributed by atoms with Crippen LogP contribution in [0.15, 0.2) is 30.5 Å². The maximum Gasteiger partial charge on any atom is 0.242 e. The van der Waals surface area contributed by atoms with E-state index in [0.29, 0.717) is 32.7 Å². The Bertz CT molecular complexity index is 714. The molecule has 1 aromatic carbocycles. The van der Waals surface area contributed by atoms with Crippen molar-refractivity contribution in [3.05, 3.63) is 36.0 Å². The maximum absolute atomic E-state index is 12.5. The Hall–Kier alpha value is -2.14. The second kappa shape index (κ2) is 6.96. The highest BCUT2D eigenvalue weighted by atomic mass is 16.5. The number of carbonyl (C=O) groups is 2. The van der Waals surface area contributed by atoms with Crippen LogP contribution in [0.1, 0.15) is 30.1 Å². The number of ether oxygens (including phenoxy) is 1. The van der Waals surface area contributed by atoms with Gasteiger partial charge in [-0.2, -0.15) is 0 Å². The molecule has 1 aliphatic heterocycles. The molecule has 3 rings (SSSR count). The molecule has 0 aliphatic carbocycles. The molecule has 122 valence electrons. The number of hydrogen-bond donors (Lipinski definition) is 0. The van der Waals surface area contributed by atoms with Crippen LogP contribution in [0.25, 0.3) is 10.9 Å². The predicted molar refractivity (Wildman–Crippen MR) is 88.6 cm³/mol. The second-order valence-corrected chi connectivity index (χ2v) is 5.85. The van der Waals surface area contributed by atoms with Gasteiger partial charge in [0.2, 0.25) is 5.91 Å². The van der Waals surface area contributed by atoms with Crippen molar-refractivity contribution in [1.29, 1.82) is 0 Å². The number of hydrogen-bond acceptors (Lipinski definition) is 3. The number of amides is 1. The average Bonchev–Trinajstić information content (AvgIpc) is 2.95. The van der Waals surface area contributed by atoms with Crippen molar-refractivity contribution in [1.82, 2.24) is 9.47 Å². The molecule has 1 amide bonds. The molecule has 1 saturated heterocycles. The van der Waals surface area contributed by atoms with Crippen LogP contribution in [-0.4, -0.2) is 47.5 Å². The summed E-state index contributed by atoms with van der Waals surface area (Å²) in [6.45, 7) is 4.73. The number of morpholine rings is 1. The quantitative estimate of drug-likeness (QED) is 0.797. The molecule has 5 heteroatoms. The Morgan fingerprint density at radius 1 is 1.17 bits per heavy atom. The molecule has 0 saturated carbocycles. The second-order valence-electron chi connectivity index (χ2n) is 5.85. The summed E-state index contributed by atoms with van der Waals surface area (Å²) in [5, 5.41) is 0.931. The number of para-hydroxylation sites is 1. The van der Waals surface area contributed by atoms with Gasteiger partial charge in [0.05, 0.1) is 13.2 Å². The van der Waals surface area contributed by atoms with E-state index in [4.69, 9.17) is 4.74 Å². The third-order valence-corrected chi connectivity index (χ3v) is 4.24. The zero-order valence-electron chi connectivity index (χ0n) is 13.5. The van der Waals surface area contributed by atoms with E-state index in [1.807, 2.05) is 46.9 Å². The number of rotatable bonds is 5. The van der Waals surface area contributed by atoms with Crippen LogP contribution >= 0.6 is 0 Å². The number of nitrogens with zero attached hydrogens (tertiary/aromatic N) is 2. The summed E-state index contributed by atoms with van der Waals surface area (Å²) in [6.07, 6.45) is 3.19. The van der Waals surface area contributed by atoms with Crippen LogP contribution in [0.3, 0.4) is 0 Å². The van der Waals surface area contributed by atoms with Gasteiger partial charge in [-0.05, 0) is 12.5 Å². The molecule has 5 nitrogen and oxygen atoms in total. The van der Waals surface area contributed by atoms with E-state index in [-0.39, 0.29) is 18.2 Å². The minimum absolute atomic E-state index is 0.0727. The molecular weight excluding hydrogens is 292 g/mol. The number of Topliss-reactive ketones (excluding diaryl/α,β-unsaturated/α-hetero) is 1.